The number of halogens is 1. The molecule has 1 amide bonds. The summed E-state index contributed by atoms with van der Waals surface area (Å²) in [6.07, 6.45) is 3.43. The van der Waals surface area contributed by atoms with Gasteiger partial charge >= 0.3 is 5.97 Å². The van der Waals surface area contributed by atoms with Gasteiger partial charge in [0.25, 0.3) is 5.91 Å². The molecule has 2 aromatic rings. The van der Waals surface area contributed by atoms with Crippen LogP contribution < -0.4 is 10.2 Å². The monoisotopic (exact) mass is 387 g/mol. The van der Waals surface area contributed by atoms with Crippen LogP contribution in [0.25, 0.3) is 0 Å². The number of carboxylic acids is 1. The number of nitrogens with one attached hydrogen (secondary N) is 1. The summed E-state index contributed by atoms with van der Waals surface area (Å²) in [4.78, 5) is 30.7. The van der Waals surface area contributed by atoms with Crippen LogP contribution in [-0.4, -0.2) is 34.6 Å². The van der Waals surface area contributed by atoms with Gasteiger partial charge in [-0.15, -0.1) is 0 Å². The Morgan fingerprint density at radius 1 is 1.33 bits per heavy atom. The van der Waals surface area contributed by atoms with E-state index in [0.717, 1.165) is 19.4 Å². The van der Waals surface area contributed by atoms with Crippen molar-refractivity contribution in [1.82, 2.24) is 4.98 Å². The van der Waals surface area contributed by atoms with Crippen molar-refractivity contribution < 1.29 is 14.7 Å². The first-order valence-corrected chi connectivity index (χ1v) is 9.37. The first kappa shape index (κ1) is 19.2. The molecule has 1 aliphatic carbocycles. The number of amides is 1. The van der Waals surface area contributed by atoms with Gasteiger partial charge in [0.05, 0.1) is 5.56 Å². The molecule has 0 unspecified atom stereocenters. The standard InChI is InChI=1S/C20H22ClN3O3/c1-3-24(14-6-4-7-14)18-11-13(21)10-17(22-18)19(25)23-16-9-5-8-15(12(16)2)20(26)27/h5,8-11,14H,3-4,6-7H2,1-2H3,(H,23,25)(H,26,27). The molecule has 1 saturated carbocycles. The van der Waals surface area contributed by atoms with Gasteiger partial charge in [0.2, 0.25) is 0 Å². The fourth-order valence-electron chi connectivity index (χ4n) is 3.24. The average molecular weight is 388 g/mol. The van der Waals surface area contributed by atoms with E-state index in [0.29, 0.717) is 28.1 Å². The van der Waals surface area contributed by atoms with Gasteiger partial charge in [0.15, 0.2) is 0 Å². The lowest BCUT2D eigenvalue weighted by atomic mass is 9.91. The summed E-state index contributed by atoms with van der Waals surface area (Å²) in [6, 6.07) is 8.49. The third-order valence-corrected chi connectivity index (χ3v) is 5.19. The van der Waals surface area contributed by atoms with Crippen molar-refractivity contribution in [2.75, 3.05) is 16.8 Å². The van der Waals surface area contributed by atoms with Crippen LogP contribution in [-0.2, 0) is 0 Å². The minimum absolute atomic E-state index is 0.148. The Hall–Kier alpha value is -2.60. The minimum atomic E-state index is -1.04. The predicted octanol–water partition coefficient (Wildman–Crippen LogP) is 4.37. The lowest BCUT2D eigenvalue weighted by Crippen LogP contribution is -2.40. The third kappa shape index (κ3) is 4.06. The Morgan fingerprint density at radius 3 is 2.67 bits per heavy atom. The van der Waals surface area contributed by atoms with E-state index in [1.807, 2.05) is 0 Å². The second kappa shape index (κ2) is 7.96. The highest BCUT2D eigenvalue weighted by atomic mass is 35.5. The summed E-state index contributed by atoms with van der Waals surface area (Å²) < 4.78 is 0. The molecule has 1 aromatic carbocycles. The van der Waals surface area contributed by atoms with E-state index in [9.17, 15) is 14.7 Å². The molecule has 0 atom stereocenters. The molecule has 2 N–H and O–H groups in total. The summed E-state index contributed by atoms with van der Waals surface area (Å²) >= 11 is 6.24. The van der Waals surface area contributed by atoms with Crippen molar-refractivity contribution in [2.24, 2.45) is 0 Å². The summed E-state index contributed by atoms with van der Waals surface area (Å²) in [7, 11) is 0. The van der Waals surface area contributed by atoms with Crippen molar-refractivity contribution >= 4 is 35.0 Å². The molecule has 0 spiro atoms. The number of benzene rings is 1. The van der Waals surface area contributed by atoms with Crippen LogP contribution in [0.15, 0.2) is 30.3 Å². The molecule has 6 nitrogen and oxygen atoms in total. The number of rotatable bonds is 6. The van der Waals surface area contributed by atoms with Gasteiger partial charge < -0.3 is 15.3 Å². The molecule has 7 heteroatoms. The zero-order valence-corrected chi connectivity index (χ0v) is 16.1. The third-order valence-electron chi connectivity index (χ3n) is 4.97. The molecule has 0 bridgehead atoms. The first-order chi connectivity index (χ1) is 12.9. The van der Waals surface area contributed by atoms with Crippen molar-refractivity contribution in [3.63, 3.8) is 0 Å². The van der Waals surface area contributed by atoms with Gasteiger partial charge in [-0.05, 0) is 62.9 Å². The van der Waals surface area contributed by atoms with Crippen LogP contribution in [0.3, 0.4) is 0 Å². The van der Waals surface area contributed by atoms with Crippen LogP contribution >= 0.6 is 11.6 Å². The summed E-state index contributed by atoms with van der Waals surface area (Å²) in [5.74, 6) is -0.768. The van der Waals surface area contributed by atoms with Gasteiger partial charge in [-0.1, -0.05) is 17.7 Å². The minimum Gasteiger partial charge on any atom is -0.478 e. The molecule has 1 aliphatic rings. The van der Waals surface area contributed by atoms with E-state index in [1.165, 1.54) is 18.6 Å². The molecule has 27 heavy (non-hydrogen) atoms. The molecule has 0 saturated heterocycles. The lowest BCUT2D eigenvalue weighted by Gasteiger charge is -2.38. The summed E-state index contributed by atoms with van der Waals surface area (Å²) in [5, 5.41) is 12.4. The number of pyridine rings is 1. The van der Waals surface area contributed by atoms with E-state index in [1.54, 1.807) is 25.1 Å². The molecular formula is C20H22ClN3O3. The van der Waals surface area contributed by atoms with Gasteiger partial charge in [0, 0.05) is 23.3 Å². The second-order valence-corrected chi connectivity index (χ2v) is 7.07. The SMILES string of the molecule is CCN(c1cc(Cl)cc(C(=O)Nc2cccc(C(=O)O)c2C)n1)C1CCC1. The summed E-state index contributed by atoms with van der Waals surface area (Å²) in [5.41, 5.74) is 1.28. The lowest BCUT2D eigenvalue weighted by molar-refractivity contribution is 0.0695. The van der Waals surface area contributed by atoms with Gasteiger partial charge in [-0.25, -0.2) is 9.78 Å². The number of carbonyl (C=O) groups is 2. The van der Waals surface area contributed by atoms with Crippen LogP contribution in [0.1, 0.15) is 52.6 Å². The Bertz CT molecular complexity index is 881. The second-order valence-electron chi connectivity index (χ2n) is 6.64. The number of carbonyl (C=O) groups excluding carboxylic acids is 1. The number of aromatic nitrogens is 1. The zero-order valence-electron chi connectivity index (χ0n) is 15.3. The van der Waals surface area contributed by atoms with E-state index >= 15 is 0 Å². The Morgan fingerprint density at radius 2 is 2.07 bits per heavy atom. The van der Waals surface area contributed by atoms with Crippen molar-refractivity contribution in [2.45, 2.75) is 39.2 Å². The molecule has 1 heterocycles. The molecule has 142 valence electrons. The van der Waals surface area contributed by atoms with E-state index in [2.05, 4.69) is 22.1 Å². The maximum atomic E-state index is 12.7. The number of hydrogen-bond donors (Lipinski definition) is 2. The number of hydrogen-bond acceptors (Lipinski definition) is 4. The van der Waals surface area contributed by atoms with Crippen molar-refractivity contribution in [3.05, 3.63) is 52.2 Å². The smallest absolute Gasteiger partial charge is 0.336 e. The quantitative estimate of drug-likeness (QED) is 0.768. The summed E-state index contributed by atoms with van der Waals surface area (Å²) in [6.45, 7) is 4.51. The maximum Gasteiger partial charge on any atom is 0.336 e. The molecule has 0 radical (unpaired) electrons. The largest absolute Gasteiger partial charge is 0.478 e. The van der Waals surface area contributed by atoms with Crippen molar-refractivity contribution in [1.29, 1.82) is 0 Å². The highest BCUT2D eigenvalue weighted by molar-refractivity contribution is 6.31. The van der Waals surface area contributed by atoms with Gasteiger partial charge in [0.1, 0.15) is 11.5 Å². The Labute approximate surface area is 163 Å². The highest BCUT2D eigenvalue weighted by Crippen LogP contribution is 2.30. The molecule has 1 fully saturated rings. The van der Waals surface area contributed by atoms with E-state index in [4.69, 9.17) is 11.6 Å². The van der Waals surface area contributed by atoms with Crippen LogP contribution in [0.4, 0.5) is 11.5 Å². The van der Waals surface area contributed by atoms with Gasteiger partial charge in [-0.3, -0.25) is 4.79 Å². The number of nitrogens with zero attached hydrogens (tertiary/aromatic N) is 2. The topological polar surface area (TPSA) is 82.5 Å². The number of aromatic carboxylic acids is 1. The number of anilines is 2. The fourth-order valence-corrected chi connectivity index (χ4v) is 3.44. The maximum absolute atomic E-state index is 12.7. The molecule has 0 aliphatic heterocycles. The Balaban J connectivity index is 1.87. The van der Waals surface area contributed by atoms with Crippen LogP contribution in [0.5, 0.6) is 0 Å². The zero-order chi connectivity index (χ0) is 19.6. The van der Waals surface area contributed by atoms with Gasteiger partial charge in [-0.2, -0.15) is 0 Å². The van der Waals surface area contributed by atoms with E-state index in [-0.39, 0.29) is 11.3 Å². The average Bonchev–Trinajstić information content (AvgIpc) is 2.58. The first-order valence-electron chi connectivity index (χ1n) is 8.99. The van der Waals surface area contributed by atoms with Crippen LogP contribution in [0.2, 0.25) is 5.02 Å². The molecular weight excluding hydrogens is 366 g/mol. The van der Waals surface area contributed by atoms with Crippen molar-refractivity contribution in [3.8, 4) is 0 Å². The Kier molecular flexibility index (Phi) is 5.65. The highest BCUT2D eigenvalue weighted by Gasteiger charge is 2.26. The fraction of sp³-hybridized carbons (Fsp3) is 0.350. The normalized spacial score (nSPS) is 13.7. The molecule has 1 aromatic heterocycles. The van der Waals surface area contributed by atoms with E-state index < -0.39 is 11.9 Å². The van der Waals surface area contributed by atoms with Crippen LogP contribution in [0, 0.1) is 6.92 Å². The predicted molar refractivity (Wildman–Crippen MR) is 106 cm³/mol. The molecule has 3 rings (SSSR count). The number of carboxylic acid groups (broad SMARTS) is 1.